The fourth-order valence-corrected chi connectivity index (χ4v) is 1.12. The molecule has 1 amide bonds. The topological polar surface area (TPSA) is 98.4 Å². The van der Waals surface area contributed by atoms with Crippen LogP contribution in [0.4, 0.5) is 17.1 Å². The molecule has 0 saturated carbocycles. The third-order valence-corrected chi connectivity index (χ3v) is 1.90. The van der Waals surface area contributed by atoms with Gasteiger partial charge in [0.05, 0.1) is 17.9 Å². The van der Waals surface area contributed by atoms with Crippen LogP contribution >= 0.6 is 0 Å². The van der Waals surface area contributed by atoms with Crippen LogP contribution in [0.25, 0.3) is 0 Å². The van der Waals surface area contributed by atoms with Crippen molar-refractivity contribution in [1.29, 1.82) is 0 Å². The highest BCUT2D eigenvalue weighted by molar-refractivity contribution is 5.80. The molecule has 1 aromatic rings. The van der Waals surface area contributed by atoms with Gasteiger partial charge in [-0.2, -0.15) is 0 Å². The minimum atomic E-state index is -0.386. The molecule has 0 radical (unpaired) electrons. The molecule has 0 aliphatic heterocycles. The summed E-state index contributed by atoms with van der Waals surface area (Å²) in [5.74, 6) is -0.386. The Hall–Kier alpha value is -1.91. The van der Waals surface area contributed by atoms with E-state index in [9.17, 15) is 4.79 Å². The summed E-state index contributed by atoms with van der Waals surface area (Å²) in [6.07, 6.45) is 0. The maximum absolute atomic E-state index is 10.7. The molecule has 1 aromatic carbocycles. The number of hydrogen-bond donors (Lipinski definition) is 3. The first kappa shape index (κ1) is 10.2. The van der Waals surface area contributed by atoms with Crippen molar-refractivity contribution in [3.63, 3.8) is 0 Å². The number of amides is 1. The van der Waals surface area contributed by atoms with Gasteiger partial charge in [-0.15, -0.1) is 0 Å². The first-order valence-corrected chi connectivity index (χ1v) is 4.15. The van der Waals surface area contributed by atoms with Gasteiger partial charge in [-0.3, -0.25) is 4.79 Å². The standard InChI is InChI=1S/C9H14N4O/c1-13(5-9(12)14)6-2-3-7(10)8(11)4-6/h2-4H,5,10-11H2,1H3,(H2,12,14). The molecule has 0 aliphatic rings. The van der Waals surface area contributed by atoms with Crippen molar-refractivity contribution in [1.82, 2.24) is 0 Å². The van der Waals surface area contributed by atoms with Crippen molar-refractivity contribution in [2.24, 2.45) is 5.73 Å². The van der Waals surface area contributed by atoms with Crippen molar-refractivity contribution < 1.29 is 4.79 Å². The highest BCUT2D eigenvalue weighted by Gasteiger charge is 2.05. The van der Waals surface area contributed by atoms with E-state index >= 15 is 0 Å². The molecule has 0 aliphatic carbocycles. The van der Waals surface area contributed by atoms with Gasteiger partial charge < -0.3 is 22.1 Å². The molecule has 5 heteroatoms. The highest BCUT2D eigenvalue weighted by Crippen LogP contribution is 2.21. The average Bonchev–Trinajstić information content (AvgIpc) is 2.08. The predicted octanol–water partition coefficient (Wildman–Crippen LogP) is -0.227. The van der Waals surface area contributed by atoms with Crippen LogP contribution in [0.2, 0.25) is 0 Å². The Morgan fingerprint density at radius 1 is 1.36 bits per heavy atom. The second-order valence-corrected chi connectivity index (χ2v) is 3.14. The molecule has 0 heterocycles. The summed E-state index contributed by atoms with van der Waals surface area (Å²) < 4.78 is 0. The number of rotatable bonds is 3. The number of nitrogens with two attached hydrogens (primary N) is 3. The minimum Gasteiger partial charge on any atom is -0.397 e. The lowest BCUT2D eigenvalue weighted by molar-refractivity contribution is -0.116. The molecule has 0 fully saturated rings. The minimum absolute atomic E-state index is 0.156. The van der Waals surface area contributed by atoms with E-state index in [0.29, 0.717) is 11.4 Å². The SMILES string of the molecule is CN(CC(N)=O)c1ccc(N)c(N)c1. The molecule has 76 valence electrons. The van der Waals surface area contributed by atoms with Gasteiger partial charge in [0.2, 0.25) is 5.91 Å². The first-order chi connectivity index (χ1) is 6.50. The third kappa shape index (κ3) is 2.29. The van der Waals surface area contributed by atoms with E-state index in [1.165, 1.54) is 0 Å². The quantitative estimate of drug-likeness (QED) is 0.579. The Morgan fingerprint density at radius 3 is 2.50 bits per heavy atom. The summed E-state index contributed by atoms with van der Waals surface area (Å²) in [4.78, 5) is 12.4. The fraction of sp³-hybridized carbons (Fsp3) is 0.222. The van der Waals surface area contributed by atoms with E-state index < -0.39 is 0 Å². The number of hydrogen-bond acceptors (Lipinski definition) is 4. The van der Waals surface area contributed by atoms with Gasteiger partial charge in [0, 0.05) is 12.7 Å². The molecule has 0 bridgehead atoms. The molecule has 0 saturated heterocycles. The first-order valence-electron chi connectivity index (χ1n) is 4.15. The zero-order valence-electron chi connectivity index (χ0n) is 8.03. The van der Waals surface area contributed by atoms with Crippen LogP contribution in [0.1, 0.15) is 0 Å². The van der Waals surface area contributed by atoms with Gasteiger partial charge in [0.15, 0.2) is 0 Å². The maximum atomic E-state index is 10.7. The molecule has 0 atom stereocenters. The largest absolute Gasteiger partial charge is 0.397 e. The third-order valence-electron chi connectivity index (χ3n) is 1.90. The monoisotopic (exact) mass is 194 g/mol. The number of nitrogen functional groups attached to an aromatic ring is 2. The van der Waals surface area contributed by atoms with Crippen molar-refractivity contribution in [3.8, 4) is 0 Å². The zero-order chi connectivity index (χ0) is 10.7. The zero-order valence-corrected chi connectivity index (χ0v) is 8.03. The van der Waals surface area contributed by atoms with Gasteiger partial charge in [-0.25, -0.2) is 0 Å². The molecule has 14 heavy (non-hydrogen) atoms. The van der Waals surface area contributed by atoms with Crippen molar-refractivity contribution in [3.05, 3.63) is 18.2 Å². The van der Waals surface area contributed by atoms with E-state index in [2.05, 4.69) is 0 Å². The van der Waals surface area contributed by atoms with Gasteiger partial charge in [0.1, 0.15) is 0 Å². The van der Waals surface area contributed by atoms with Crippen LogP contribution in [0.15, 0.2) is 18.2 Å². The average molecular weight is 194 g/mol. The van der Waals surface area contributed by atoms with E-state index in [-0.39, 0.29) is 12.5 Å². The molecule has 5 nitrogen and oxygen atoms in total. The van der Waals surface area contributed by atoms with Crippen molar-refractivity contribution in [2.45, 2.75) is 0 Å². The van der Waals surface area contributed by atoms with Crippen LogP contribution in [0.3, 0.4) is 0 Å². The number of benzene rings is 1. The summed E-state index contributed by atoms with van der Waals surface area (Å²) in [6.45, 7) is 0.156. The summed E-state index contributed by atoms with van der Waals surface area (Å²) in [7, 11) is 1.76. The maximum Gasteiger partial charge on any atom is 0.236 e. The number of nitrogens with zero attached hydrogens (tertiary/aromatic N) is 1. The van der Waals surface area contributed by atoms with Gasteiger partial charge in [-0.1, -0.05) is 0 Å². The van der Waals surface area contributed by atoms with E-state index in [4.69, 9.17) is 17.2 Å². The Labute approximate surface area is 82.5 Å². The molecular formula is C9H14N4O. The van der Waals surface area contributed by atoms with Crippen LogP contribution in [0.5, 0.6) is 0 Å². The molecular weight excluding hydrogens is 180 g/mol. The Balaban J connectivity index is 2.85. The predicted molar refractivity (Wildman–Crippen MR) is 57.7 cm³/mol. The molecule has 1 rings (SSSR count). The van der Waals surface area contributed by atoms with Crippen LogP contribution in [-0.4, -0.2) is 19.5 Å². The van der Waals surface area contributed by atoms with Crippen molar-refractivity contribution >= 4 is 23.0 Å². The van der Waals surface area contributed by atoms with Gasteiger partial charge in [-0.05, 0) is 18.2 Å². The van der Waals surface area contributed by atoms with Crippen LogP contribution in [-0.2, 0) is 4.79 Å². The van der Waals surface area contributed by atoms with Crippen LogP contribution < -0.4 is 22.1 Å². The Morgan fingerprint density at radius 2 is 2.00 bits per heavy atom. The normalized spacial score (nSPS) is 9.79. The highest BCUT2D eigenvalue weighted by atomic mass is 16.1. The molecule has 0 spiro atoms. The Bertz CT molecular complexity index is 351. The molecule has 6 N–H and O–H groups in total. The van der Waals surface area contributed by atoms with E-state index in [1.54, 1.807) is 30.1 Å². The smallest absolute Gasteiger partial charge is 0.236 e. The number of primary amides is 1. The summed E-state index contributed by atoms with van der Waals surface area (Å²) in [5.41, 5.74) is 18.1. The summed E-state index contributed by atoms with van der Waals surface area (Å²) in [6, 6.07) is 5.19. The van der Waals surface area contributed by atoms with Gasteiger partial charge >= 0.3 is 0 Å². The number of anilines is 3. The number of likely N-dealkylation sites (N-methyl/N-ethyl adjacent to an activating group) is 1. The molecule has 0 aromatic heterocycles. The summed E-state index contributed by atoms with van der Waals surface area (Å²) in [5, 5.41) is 0. The second kappa shape index (κ2) is 3.87. The number of carbonyl (C=O) groups is 1. The van der Waals surface area contributed by atoms with Gasteiger partial charge in [0.25, 0.3) is 0 Å². The van der Waals surface area contributed by atoms with Crippen molar-refractivity contribution in [2.75, 3.05) is 30.0 Å². The molecule has 0 unspecified atom stereocenters. The number of carbonyl (C=O) groups excluding carboxylic acids is 1. The second-order valence-electron chi connectivity index (χ2n) is 3.14. The van der Waals surface area contributed by atoms with E-state index in [1.807, 2.05) is 0 Å². The van der Waals surface area contributed by atoms with Crippen LogP contribution in [0, 0.1) is 0 Å². The lowest BCUT2D eigenvalue weighted by atomic mass is 10.2. The summed E-state index contributed by atoms with van der Waals surface area (Å²) >= 11 is 0. The Kier molecular flexibility index (Phi) is 2.81. The fourth-order valence-electron chi connectivity index (χ4n) is 1.12. The lowest BCUT2D eigenvalue weighted by Gasteiger charge is -2.17. The van der Waals surface area contributed by atoms with E-state index in [0.717, 1.165) is 5.69 Å². The lowest BCUT2D eigenvalue weighted by Crippen LogP contribution is -2.30.